The van der Waals surface area contributed by atoms with E-state index in [2.05, 4.69) is 84.9 Å². The monoisotopic (exact) mass is 434 g/mol. The molecule has 8 aromatic rings. The molecule has 2 heteroatoms. The third-order valence-electron chi connectivity index (χ3n) is 7.04. The van der Waals surface area contributed by atoms with Gasteiger partial charge in [-0.05, 0) is 75.1 Å². The highest BCUT2D eigenvalue weighted by Gasteiger charge is 2.14. The van der Waals surface area contributed by atoms with E-state index in [1.54, 1.807) is 0 Å². The van der Waals surface area contributed by atoms with Gasteiger partial charge in [-0.1, -0.05) is 66.7 Å². The van der Waals surface area contributed by atoms with Crippen molar-refractivity contribution in [2.75, 3.05) is 0 Å². The number of para-hydroxylation sites is 2. The van der Waals surface area contributed by atoms with Crippen molar-refractivity contribution in [1.82, 2.24) is 0 Å². The van der Waals surface area contributed by atoms with E-state index in [0.717, 1.165) is 43.9 Å². The first-order valence-corrected chi connectivity index (χ1v) is 11.5. The molecule has 0 amide bonds. The fraction of sp³-hybridized carbons (Fsp3) is 0. The lowest BCUT2D eigenvalue weighted by Gasteiger charge is -2.11. The zero-order valence-electron chi connectivity index (χ0n) is 18.2. The van der Waals surface area contributed by atoms with Crippen molar-refractivity contribution >= 4 is 65.4 Å². The predicted octanol–water partition coefficient (Wildman–Crippen LogP) is 9.46. The first-order valence-electron chi connectivity index (χ1n) is 11.5. The minimum atomic E-state index is 0.918. The highest BCUT2D eigenvalue weighted by atomic mass is 16.3. The summed E-state index contributed by atoms with van der Waals surface area (Å²) in [7, 11) is 0. The van der Waals surface area contributed by atoms with Crippen molar-refractivity contribution in [2.24, 2.45) is 0 Å². The Morgan fingerprint density at radius 2 is 0.941 bits per heavy atom. The van der Waals surface area contributed by atoms with Crippen LogP contribution >= 0.6 is 0 Å². The number of rotatable bonds is 1. The van der Waals surface area contributed by atoms with Crippen LogP contribution in [0.4, 0.5) is 0 Å². The number of hydrogen-bond acceptors (Lipinski definition) is 2. The van der Waals surface area contributed by atoms with Gasteiger partial charge in [0.15, 0.2) is 0 Å². The largest absolute Gasteiger partial charge is 0.456 e. The van der Waals surface area contributed by atoms with Gasteiger partial charge >= 0.3 is 0 Å². The van der Waals surface area contributed by atoms with Crippen LogP contribution in [0.2, 0.25) is 0 Å². The smallest absolute Gasteiger partial charge is 0.136 e. The third kappa shape index (κ3) is 2.40. The summed E-state index contributed by atoms with van der Waals surface area (Å²) < 4.78 is 12.3. The van der Waals surface area contributed by atoms with Gasteiger partial charge < -0.3 is 8.83 Å². The highest BCUT2D eigenvalue weighted by molar-refractivity contribution is 6.19. The molecule has 0 unspecified atom stereocenters. The summed E-state index contributed by atoms with van der Waals surface area (Å²) >= 11 is 0. The standard InChI is InChI=1S/C32H18O2/c1-2-8-22-21(7-1)25(19-13-14-31-27(15-19)23-9-3-5-11-29(23)33-31)16-20-17-28-24-10-4-6-12-30(24)34-32(28)18-26(20)22/h1-18H. The van der Waals surface area contributed by atoms with Crippen LogP contribution in [0.5, 0.6) is 0 Å². The van der Waals surface area contributed by atoms with Gasteiger partial charge in [0.05, 0.1) is 0 Å². The maximum atomic E-state index is 6.19. The number of furan rings is 2. The molecule has 2 aromatic heterocycles. The highest BCUT2D eigenvalue weighted by Crippen LogP contribution is 2.40. The summed E-state index contributed by atoms with van der Waals surface area (Å²) in [5.41, 5.74) is 6.11. The van der Waals surface area contributed by atoms with Gasteiger partial charge in [-0.25, -0.2) is 0 Å². The van der Waals surface area contributed by atoms with E-state index in [0.29, 0.717) is 0 Å². The average molecular weight is 434 g/mol. The number of fused-ring (bicyclic) bond motifs is 9. The van der Waals surface area contributed by atoms with Gasteiger partial charge in [0.2, 0.25) is 0 Å². The van der Waals surface area contributed by atoms with E-state index >= 15 is 0 Å². The number of hydrogen-bond donors (Lipinski definition) is 0. The number of benzene rings is 6. The molecule has 6 aromatic carbocycles. The van der Waals surface area contributed by atoms with Crippen molar-refractivity contribution in [1.29, 1.82) is 0 Å². The van der Waals surface area contributed by atoms with Crippen LogP contribution in [0, 0.1) is 0 Å². The van der Waals surface area contributed by atoms with Gasteiger partial charge in [0, 0.05) is 21.5 Å². The molecule has 0 spiro atoms. The molecule has 0 aliphatic heterocycles. The van der Waals surface area contributed by atoms with Crippen LogP contribution in [0.25, 0.3) is 76.5 Å². The maximum Gasteiger partial charge on any atom is 0.136 e. The van der Waals surface area contributed by atoms with E-state index in [-0.39, 0.29) is 0 Å². The normalized spacial score (nSPS) is 12.1. The molecule has 2 nitrogen and oxygen atoms in total. The van der Waals surface area contributed by atoms with Gasteiger partial charge in [-0.2, -0.15) is 0 Å². The van der Waals surface area contributed by atoms with Crippen molar-refractivity contribution in [3.05, 3.63) is 109 Å². The second-order valence-electron chi connectivity index (χ2n) is 8.95. The minimum absolute atomic E-state index is 0.918. The van der Waals surface area contributed by atoms with Crippen LogP contribution < -0.4 is 0 Å². The van der Waals surface area contributed by atoms with Crippen LogP contribution in [0.3, 0.4) is 0 Å². The SMILES string of the molecule is c1ccc2c(c1)oc1ccc(-c3cc4cc5c(cc4c4ccccc34)oc3ccccc35)cc12. The molecule has 0 bridgehead atoms. The Balaban J connectivity index is 1.48. The van der Waals surface area contributed by atoms with E-state index in [1.807, 2.05) is 24.3 Å². The predicted molar refractivity (Wildman–Crippen MR) is 141 cm³/mol. The van der Waals surface area contributed by atoms with E-state index in [4.69, 9.17) is 8.83 Å². The molecule has 0 saturated heterocycles. The lowest BCUT2D eigenvalue weighted by Crippen LogP contribution is -1.85. The third-order valence-corrected chi connectivity index (χ3v) is 7.04. The lowest BCUT2D eigenvalue weighted by molar-refractivity contribution is 0.669. The summed E-state index contributed by atoms with van der Waals surface area (Å²) in [6.07, 6.45) is 0. The molecule has 34 heavy (non-hydrogen) atoms. The maximum absolute atomic E-state index is 6.19. The summed E-state index contributed by atoms with van der Waals surface area (Å²) in [4.78, 5) is 0. The molecular formula is C32H18O2. The first kappa shape index (κ1) is 17.9. The molecule has 0 N–H and O–H groups in total. The van der Waals surface area contributed by atoms with Gasteiger partial charge in [0.25, 0.3) is 0 Å². The van der Waals surface area contributed by atoms with Crippen molar-refractivity contribution < 1.29 is 8.83 Å². The molecule has 8 rings (SSSR count). The molecule has 0 aliphatic rings. The van der Waals surface area contributed by atoms with Crippen LogP contribution in [0.1, 0.15) is 0 Å². The first-order chi connectivity index (χ1) is 16.8. The lowest BCUT2D eigenvalue weighted by atomic mass is 9.92. The fourth-order valence-electron chi connectivity index (χ4n) is 5.46. The van der Waals surface area contributed by atoms with Crippen molar-refractivity contribution in [3.8, 4) is 11.1 Å². The van der Waals surface area contributed by atoms with E-state index in [1.165, 1.54) is 32.7 Å². The molecule has 0 atom stereocenters. The molecule has 2 heterocycles. The Morgan fingerprint density at radius 3 is 1.71 bits per heavy atom. The second-order valence-corrected chi connectivity index (χ2v) is 8.95. The molecule has 0 saturated carbocycles. The van der Waals surface area contributed by atoms with E-state index in [9.17, 15) is 0 Å². The summed E-state index contributed by atoms with van der Waals surface area (Å²) in [5, 5.41) is 9.49. The Bertz CT molecular complexity index is 2070. The average Bonchev–Trinajstić information content (AvgIpc) is 3.44. The van der Waals surface area contributed by atoms with Crippen LogP contribution in [0.15, 0.2) is 118 Å². The topological polar surface area (TPSA) is 26.3 Å². The summed E-state index contributed by atoms with van der Waals surface area (Å²) in [6.45, 7) is 0. The fourth-order valence-corrected chi connectivity index (χ4v) is 5.46. The molecule has 158 valence electrons. The Labute approximate surface area is 194 Å². The quantitative estimate of drug-likeness (QED) is 0.240. The van der Waals surface area contributed by atoms with Crippen molar-refractivity contribution in [2.45, 2.75) is 0 Å². The van der Waals surface area contributed by atoms with E-state index < -0.39 is 0 Å². The van der Waals surface area contributed by atoms with Crippen molar-refractivity contribution in [3.63, 3.8) is 0 Å². The van der Waals surface area contributed by atoms with Crippen LogP contribution in [-0.4, -0.2) is 0 Å². The van der Waals surface area contributed by atoms with Gasteiger partial charge in [-0.3, -0.25) is 0 Å². The molecule has 0 radical (unpaired) electrons. The van der Waals surface area contributed by atoms with Gasteiger partial charge in [0.1, 0.15) is 22.3 Å². The Morgan fingerprint density at radius 1 is 0.353 bits per heavy atom. The Kier molecular flexibility index (Phi) is 3.42. The molecule has 0 fully saturated rings. The zero-order chi connectivity index (χ0) is 22.2. The second kappa shape index (κ2) is 6.49. The minimum Gasteiger partial charge on any atom is -0.456 e. The molecule has 0 aliphatic carbocycles. The summed E-state index contributed by atoms with van der Waals surface area (Å²) in [6, 6.07) is 38.5. The summed E-state index contributed by atoms with van der Waals surface area (Å²) in [5.74, 6) is 0. The zero-order valence-corrected chi connectivity index (χ0v) is 18.2. The van der Waals surface area contributed by atoms with Crippen LogP contribution in [-0.2, 0) is 0 Å². The van der Waals surface area contributed by atoms with Gasteiger partial charge in [-0.15, -0.1) is 0 Å². The Hall–Kier alpha value is -4.56. The molecular weight excluding hydrogens is 416 g/mol.